The zero-order chi connectivity index (χ0) is 13.7. The van der Waals surface area contributed by atoms with Crippen LogP contribution in [0, 0.1) is 0 Å². The lowest BCUT2D eigenvalue weighted by Crippen LogP contribution is -2.59. The van der Waals surface area contributed by atoms with Crippen molar-refractivity contribution in [3.63, 3.8) is 0 Å². The van der Waals surface area contributed by atoms with E-state index in [1.807, 2.05) is 13.8 Å². The van der Waals surface area contributed by atoms with Gasteiger partial charge in [-0.15, -0.1) is 0 Å². The lowest BCUT2D eigenvalue weighted by molar-refractivity contribution is -0.300. The van der Waals surface area contributed by atoms with E-state index in [0.29, 0.717) is 19.2 Å². The molecule has 0 saturated carbocycles. The van der Waals surface area contributed by atoms with Crippen LogP contribution in [0.3, 0.4) is 0 Å². The fourth-order valence-electron chi connectivity index (χ4n) is 1.73. The number of aliphatic hydroxyl groups is 4. The molecule has 0 radical (unpaired) electrons. The van der Waals surface area contributed by atoms with Gasteiger partial charge < -0.3 is 35.2 Å². The Kier molecular flexibility index (Phi) is 6.44. The van der Waals surface area contributed by atoms with Gasteiger partial charge in [0.05, 0.1) is 13.2 Å². The zero-order valence-corrected chi connectivity index (χ0v) is 10.7. The molecule has 1 heterocycles. The number of aliphatic hydroxyl groups excluding tert-OH is 4. The highest BCUT2D eigenvalue weighted by Crippen LogP contribution is 2.21. The van der Waals surface area contributed by atoms with E-state index < -0.39 is 37.3 Å². The highest BCUT2D eigenvalue weighted by atomic mass is 16.7. The lowest BCUT2D eigenvalue weighted by atomic mass is 9.99. The molecule has 1 rings (SSSR count). The van der Waals surface area contributed by atoms with Gasteiger partial charge >= 0.3 is 0 Å². The molecule has 0 bridgehead atoms. The Morgan fingerprint density at radius 2 is 1.83 bits per heavy atom. The molecule has 7 heteroatoms. The van der Waals surface area contributed by atoms with E-state index in [1.54, 1.807) is 0 Å². The maximum Gasteiger partial charge on any atom is 0.186 e. The molecule has 0 aromatic carbocycles. The van der Waals surface area contributed by atoms with Crippen molar-refractivity contribution >= 4 is 0 Å². The van der Waals surface area contributed by atoms with Gasteiger partial charge in [-0.1, -0.05) is 13.8 Å². The second kappa shape index (κ2) is 7.34. The Morgan fingerprint density at radius 3 is 2.39 bits per heavy atom. The number of rotatable bonds is 6. The van der Waals surface area contributed by atoms with Crippen molar-refractivity contribution in [1.29, 1.82) is 0 Å². The van der Waals surface area contributed by atoms with Crippen LogP contribution in [0.5, 0.6) is 0 Å². The summed E-state index contributed by atoms with van der Waals surface area (Å²) in [6.07, 6.45) is -6.04. The van der Waals surface area contributed by atoms with E-state index in [9.17, 15) is 15.3 Å². The maximum absolute atomic E-state index is 9.67. The van der Waals surface area contributed by atoms with Crippen molar-refractivity contribution in [1.82, 2.24) is 5.32 Å². The van der Waals surface area contributed by atoms with E-state index in [-0.39, 0.29) is 0 Å². The summed E-state index contributed by atoms with van der Waals surface area (Å²) >= 11 is 0. The molecule has 18 heavy (non-hydrogen) atoms. The van der Waals surface area contributed by atoms with Crippen molar-refractivity contribution in [3.05, 3.63) is 0 Å². The van der Waals surface area contributed by atoms with Gasteiger partial charge in [-0.2, -0.15) is 0 Å². The third kappa shape index (κ3) is 4.13. The van der Waals surface area contributed by atoms with Gasteiger partial charge in [0, 0.05) is 12.6 Å². The Balaban J connectivity index is 2.39. The fraction of sp³-hybridized carbons (Fsp3) is 1.00. The number of ether oxygens (including phenoxy) is 2. The molecule has 7 nitrogen and oxygen atoms in total. The molecule has 0 aliphatic carbocycles. The molecule has 1 aliphatic rings. The number of hydrogen-bond acceptors (Lipinski definition) is 7. The van der Waals surface area contributed by atoms with Gasteiger partial charge in [0.15, 0.2) is 6.29 Å². The van der Waals surface area contributed by atoms with Crippen molar-refractivity contribution in [2.24, 2.45) is 0 Å². The second-order valence-electron chi connectivity index (χ2n) is 4.68. The highest BCUT2D eigenvalue weighted by molar-refractivity contribution is 4.88. The molecule has 5 N–H and O–H groups in total. The largest absolute Gasteiger partial charge is 0.394 e. The predicted molar refractivity (Wildman–Crippen MR) is 62.9 cm³/mol. The van der Waals surface area contributed by atoms with E-state index in [4.69, 9.17) is 14.6 Å². The molecule has 1 saturated heterocycles. The predicted octanol–water partition coefficient (Wildman–Crippen LogP) is -2.20. The molecule has 0 spiro atoms. The van der Waals surface area contributed by atoms with Crippen molar-refractivity contribution in [3.8, 4) is 0 Å². The Morgan fingerprint density at radius 1 is 1.17 bits per heavy atom. The minimum atomic E-state index is -1.39. The molecule has 5 atom stereocenters. The van der Waals surface area contributed by atoms with E-state index >= 15 is 0 Å². The average Bonchev–Trinajstić information content (AvgIpc) is 2.34. The summed E-state index contributed by atoms with van der Waals surface area (Å²) in [5.74, 6) is 0. The normalized spacial score (nSPS) is 37.2. The van der Waals surface area contributed by atoms with Crippen LogP contribution in [-0.4, -0.2) is 76.9 Å². The van der Waals surface area contributed by atoms with Gasteiger partial charge in [0.1, 0.15) is 24.4 Å². The molecule has 108 valence electrons. The van der Waals surface area contributed by atoms with Crippen LogP contribution in [0.1, 0.15) is 13.8 Å². The first kappa shape index (κ1) is 15.8. The molecule has 0 amide bonds. The summed E-state index contributed by atoms with van der Waals surface area (Å²) in [7, 11) is 0. The van der Waals surface area contributed by atoms with E-state index in [1.165, 1.54) is 0 Å². The van der Waals surface area contributed by atoms with Crippen LogP contribution in [0.25, 0.3) is 0 Å². The second-order valence-corrected chi connectivity index (χ2v) is 4.68. The van der Waals surface area contributed by atoms with Gasteiger partial charge in [-0.25, -0.2) is 0 Å². The smallest absolute Gasteiger partial charge is 0.186 e. The molecule has 1 aliphatic heterocycles. The van der Waals surface area contributed by atoms with Gasteiger partial charge in [0.25, 0.3) is 0 Å². The SMILES string of the molecule is CC(C)NCCO[C@@H]1OC(CO)[C@H](O)C(O)[C@@H]1O. The topological polar surface area (TPSA) is 111 Å². The molecule has 1 fully saturated rings. The molecule has 2 unspecified atom stereocenters. The van der Waals surface area contributed by atoms with Crippen LogP contribution in [0.15, 0.2) is 0 Å². The monoisotopic (exact) mass is 265 g/mol. The Labute approximate surface area is 106 Å². The van der Waals surface area contributed by atoms with Crippen LogP contribution < -0.4 is 5.32 Å². The van der Waals surface area contributed by atoms with E-state index in [0.717, 1.165) is 0 Å². The van der Waals surface area contributed by atoms with Crippen LogP contribution >= 0.6 is 0 Å². The molecular formula is C11H23NO6. The first-order valence-electron chi connectivity index (χ1n) is 6.13. The van der Waals surface area contributed by atoms with Gasteiger partial charge in [-0.05, 0) is 0 Å². The maximum atomic E-state index is 9.67. The standard InChI is InChI=1S/C11H23NO6/c1-6(2)12-3-4-17-11-10(16)9(15)8(14)7(5-13)18-11/h6-16H,3-5H2,1-2H3/t7?,8-,9?,10-,11+/m0/s1. The average molecular weight is 265 g/mol. The molecule has 0 aromatic rings. The first-order valence-corrected chi connectivity index (χ1v) is 6.13. The first-order chi connectivity index (χ1) is 8.47. The summed E-state index contributed by atoms with van der Waals surface area (Å²) < 4.78 is 10.5. The van der Waals surface area contributed by atoms with Crippen molar-refractivity contribution in [2.75, 3.05) is 19.8 Å². The molecular weight excluding hydrogens is 242 g/mol. The van der Waals surface area contributed by atoms with Crippen LogP contribution in [0.2, 0.25) is 0 Å². The van der Waals surface area contributed by atoms with Gasteiger partial charge in [-0.3, -0.25) is 0 Å². The summed E-state index contributed by atoms with van der Waals surface area (Å²) in [5, 5.41) is 40.9. The minimum absolute atomic E-state index is 0.293. The minimum Gasteiger partial charge on any atom is -0.394 e. The quantitative estimate of drug-likeness (QED) is 0.347. The fourth-order valence-corrected chi connectivity index (χ4v) is 1.73. The van der Waals surface area contributed by atoms with E-state index in [2.05, 4.69) is 5.32 Å². The summed E-state index contributed by atoms with van der Waals surface area (Å²) in [5.41, 5.74) is 0. The van der Waals surface area contributed by atoms with Crippen molar-refractivity contribution in [2.45, 2.75) is 50.6 Å². The number of hydrogen-bond donors (Lipinski definition) is 5. The third-order valence-corrected chi connectivity index (χ3v) is 2.79. The lowest BCUT2D eigenvalue weighted by Gasteiger charge is -2.39. The summed E-state index contributed by atoms with van der Waals surface area (Å²) in [6.45, 7) is 4.41. The summed E-state index contributed by atoms with van der Waals surface area (Å²) in [4.78, 5) is 0. The third-order valence-electron chi connectivity index (χ3n) is 2.79. The molecule has 0 aromatic heterocycles. The summed E-state index contributed by atoms with van der Waals surface area (Å²) in [6, 6.07) is 0.323. The van der Waals surface area contributed by atoms with Gasteiger partial charge in [0.2, 0.25) is 0 Å². The van der Waals surface area contributed by atoms with Crippen LogP contribution in [-0.2, 0) is 9.47 Å². The Bertz CT molecular complexity index is 238. The van der Waals surface area contributed by atoms with Crippen LogP contribution in [0.4, 0.5) is 0 Å². The zero-order valence-electron chi connectivity index (χ0n) is 10.7. The number of nitrogens with one attached hydrogen (secondary N) is 1. The van der Waals surface area contributed by atoms with Crippen molar-refractivity contribution < 1.29 is 29.9 Å². The Hall–Kier alpha value is -0.280. The highest BCUT2D eigenvalue weighted by Gasteiger charge is 2.43.